The Morgan fingerprint density at radius 2 is 1.84 bits per heavy atom. The van der Waals surface area contributed by atoms with Gasteiger partial charge in [0.1, 0.15) is 29.4 Å². The summed E-state index contributed by atoms with van der Waals surface area (Å²) in [5, 5.41) is 2.95. The van der Waals surface area contributed by atoms with Crippen molar-refractivity contribution in [3.05, 3.63) is 65.0 Å². The number of carbonyl (C=O) groups excluding carboxylic acids is 2. The second-order valence-corrected chi connectivity index (χ2v) is 7.24. The molecule has 3 aromatic rings. The van der Waals surface area contributed by atoms with E-state index < -0.39 is 17.9 Å². The van der Waals surface area contributed by atoms with E-state index in [4.69, 9.17) is 18.6 Å². The van der Waals surface area contributed by atoms with Gasteiger partial charge in [0.2, 0.25) is 11.2 Å². The number of hydrogen-bond donors (Lipinski definition) is 1. The molecule has 8 heteroatoms. The fourth-order valence-electron chi connectivity index (χ4n) is 3.03. The van der Waals surface area contributed by atoms with Crippen molar-refractivity contribution in [2.24, 2.45) is 5.92 Å². The first kappa shape index (κ1) is 22.9. The Balaban J connectivity index is 1.68. The van der Waals surface area contributed by atoms with Crippen LogP contribution in [0.15, 0.2) is 64.0 Å². The third-order valence-electron chi connectivity index (χ3n) is 5.04. The van der Waals surface area contributed by atoms with Crippen LogP contribution >= 0.6 is 0 Å². The molecule has 168 valence electrons. The van der Waals surface area contributed by atoms with Crippen LogP contribution in [0.2, 0.25) is 0 Å². The predicted molar refractivity (Wildman–Crippen MR) is 118 cm³/mol. The van der Waals surface area contributed by atoms with Crippen molar-refractivity contribution in [1.29, 1.82) is 0 Å². The van der Waals surface area contributed by atoms with Crippen LogP contribution in [0.3, 0.4) is 0 Å². The lowest BCUT2D eigenvalue weighted by Crippen LogP contribution is -2.47. The number of fused-ring (bicyclic) bond motifs is 1. The van der Waals surface area contributed by atoms with E-state index in [0.29, 0.717) is 28.9 Å². The van der Waals surface area contributed by atoms with Crippen molar-refractivity contribution in [3.8, 4) is 17.2 Å². The first-order chi connectivity index (χ1) is 15.4. The standard InChI is InChI=1S/C24H25NO7/c1-4-15(2)22(24(28)29-3)25-21(26)14-30-17-10-11-18-19(12-17)31-13-20(23(18)27)32-16-8-6-5-7-9-16/h5-13,15,22H,4,14H2,1-3H3,(H,25,26)/t15?,22-/m0/s1. The Labute approximate surface area is 185 Å². The zero-order chi connectivity index (χ0) is 23.1. The van der Waals surface area contributed by atoms with Gasteiger partial charge in [-0.1, -0.05) is 38.5 Å². The van der Waals surface area contributed by atoms with Gasteiger partial charge in [-0.05, 0) is 30.2 Å². The van der Waals surface area contributed by atoms with E-state index in [2.05, 4.69) is 5.32 Å². The molecular weight excluding hydrogens is 414 g/mol. The quantitative estimate of drug-likeness (QED) is 0.507. The number of benzene rings is 2. The maximum absolute atomic E-state index is 12.7. The number of esters is 1. The van der Waals surface area contributed by atoms with Crippen LogP contribution in [0.5, 0.6) is 17.2 Å². The normalized spacial score (nSPS) is 12.6. The molecule has 0 spiro atoms. The molecule has 0 aliphatic rings. The van der Waals surface area contributed by atoms with Gasteiger partial charge in [-0.2, -0.15) is 0 Å². The van der Waals surface area contributed by atoms with Gasteiger partial charge in [-0.3, -0.25) is 9.59 Å². The molecule has 0 aliphatic carbocycles. The maximum Gasteiger partial charge on any atom is 0.328 e. The van der Waals surface area contributed by atoms with Crippen molar-refractivity contribution in [2.75, 3.05) is 13.7 Å². The highest BCUT2D eigenvalue weighted by Crippen LogP contribution is 2.24. The average Bonchev–Trinajstić information content (AvgIpc) is 2.82. The zero-order valence-electron chi connectivity index (χ0n) is 18.1. The molecule has 0 radical (unpaired) electrons. The summed E-state index contributed by atoms with van der Waals surface area (Å²) in [6.45, 7) is 3.46. The molecule has 1 amide bonds. The van der Waals surface area contributed by atoms with Crippen LogP contribution in [-0.2, 0) is 14.3 Å². The summed E-state index contributed by atoms with van der Waals surface area (Å²) < 4.78 is 21.4. The number of nitrogens with one attached hydrogen (secondary N) is 1. The number of methoxy groups -OCH3 is 1. The minimum atomic E-state index is -0.751. The monoisotopic (exact) mass is 439 g/mol. The molecule has 3 rings (SSSR count). The maximum atomic E-state index is 12.7. The lowest BCUT2D eigenvalue weighted by atomic mass is 9.99. The molecule has 1 N–H and O–H groups in total. The van der Waals surface area contributed by atoms with Crippen LogP contribution in [0.1, 0.15) is 20.3 Å². The Morgan fingerprint density at radius 3 is 2.53 bits per heavy atom. The highest BCUT2D eigenvalue weighted by molar-refractivity contribution is 5.85. The third-order valence-corrected chi connectivity index (χ3v) is 5.04. The first-order valence-corrected chi connectivity index (χ1v) is 10.2. The SMILES string of the molecule is CCC(C)[C@H](NC(=O)COc1ccc2c(=O)c(Oc3ccccc3)coc2c1)C(=O)OC. The molecule has 1 unspecified atom stereocenters. The number of hydrogen-bond acceptors (Lipinski definition) is 7. The lowest BCUT2D eigenvalue weighted by molar-refractivity contribution is -0.146. The number of para-hydroxylation sites is 1. The zero-order valence-corrected chi connectivity index (χ0v) is 18.1. The second-order valence-electron chi connectivity index (χ2n) is 7.24. The largest absolute Gasteiger partial charge is 0.484 e. The van der Waals surface area contributed by atoms with E-state index in [1.807, 2.05) is 19.9 Å². The van der Waals surface area contributed by atoms with E-state index in [-0.39, 0.29) is 23.7 Å². The summed E-state index contributed by atoms with van der Waals surface area (Å²) in [5.74, 6) is -0.134. The van der Waals surface area contributed by atoms with Gasteiger partial charge in [0.15, 0.2) is 6.61 Å². The average molecular weight is 439 g/mol. The van der Waals surface area contributed by atoms with E-state index in [0.717, 1.165) is 0 Å². The summed E-state index contributed by atoms with van der Waals surface area (Å²) in [6.07, 6.45) is 1.93. The van der Waals surface area contributed by atoms with Crippen molar-refractivity contribution in [3.63, 3.8) is 0 Å². The predicted octanol–water partition coefficient (Wildman–Crippen LogP) is 3.67. The molecule has 0 bridgehead atoms. The summed E-state index contributed by atoms with van der Waals surface area (Å²) in [7, 11) is 1.28. The lowest BCUT2D eigenvalue weighted by Gasteiger charge is -2.21. The summed E-state index contributed by atoms with van der Waals surface area (Å²) in [5.41, 5.74) is -0.0331. The van der Waals surface area contributed by atoms with E-state index in [1.165, 1.54) is 19.4 Å². The van der Waals surface area contributed by atoms with Crippen molar-refractivity contribution in [2.45, 2.75) is 26.3 Å². The van der Waals surface area contributed by atoms with Gasteiger partial charge >= 0.3 is 5.97 Å². The molecule has 0 aliphatic heterocycles. The van der Waals surface area contributed by atoms with Crippen LogP contribution in [0, 0.1) is 5.92 Å². The van der Waals surface area contributed by atoms with Crippen LogP contribution < -0.4 is 20.2 Å². The van der Waals surface area contributed by atoms with Gasteiger partial charge in [-0.15, -0.1) is 0 Å². The number of amides is 1. The molecule has 0 saturated carbocycles. The molecular formula is C24H25NO7. The van der Waals surface area contributed by atoms with Crippen LogP contribution in [0.25, 0.3) is 11.0 Å². The minimum Gasteiger partial charge on any atom is -0.484 e. The molecule has 2 atom stereocenters. The van der Waals surface area contributed by atoms with Gasteiger partial charge in [0.05, 0.1) is 12.5 Å². The highest BCUT2D eigenvalue weighted by atomic mass is 16.5. The molecule has 1 aromatic heterocycles. The van der Waals surface area contributed by atoms with Crippen molar-refractivity contribution < 1.29 is 28.2 Å². The fourth-order valence-corrected chi connectivity index (χ4v) is 3.03. The Bertz CT molecular complexity index is 1140. The van der Waals surface area contributed by atoms with Gasteiger partial charge < -0.3 is 23.9 Å². The summed E-state index contributed by atoms with van der Waals surface area (Å²) in [4.78, 5) is 36.9. The molecule has 0 fully saturated rings. The molecule has 32 heavy (non-hydrogen) atoms. The van der Waals surface area contributed by atoms with E-state index in [1.54, 1.807) is 36.4 Å². The summed E-state index contributed by atoms with van der Waals surface area (Å²) in [6, 6.07) is 12.8. The molecule has 2 aromatic carbocycles. The smallest absolute Gasteiger partial charge is 0.328 e. The van der Waals surface area contributed by atoms with E-state index >= 15 is 0 Å². The van der Waals surface area contributed by atoms with Gasteiger partial charge in [0, 0.05) is 6.07 Å². The molecule has 8 nitrogen and oxygen atoms in total. The molecule has 1 heterocycles. The Kier molecular flexibility index (Phi) is 7.49. The third kappa shape index (κ3) is 5.46. The Hall–Kier alpha value is -3.81. The topological polar surface area (TPSA) is 104 Å². The second kappa shape index (κ2) is 10.5. The highest BCUT2D eigenvalue weighted by Gasteiger charge is 2.26. The van der Waals surface area contributed by atoms with Gasteiger partial charge in [0.25, 0.3) is 5.91 Å². The first-order valence-electron chi connectivity index (χ1n) is 10.2. The number of ether oxygens (including phenoxy) is 3. The minimum absolute atomic E-state index is 0.0654. The van der Waals surface area contributed by atoms with Crippen LogP contribution in [0.4, 0.5) is 0 Å². The van der Waals surface area contributed by atoms with E-state index in [9.17, 15) is 14.4 Å². The molecule has 0 saturated heterocycles. The summed E-state index contributed by atoms with van der Waals surface area (Å²) >= 11 is 0. The number of carbonyl (C=O) groups is 2. The van der Waals surface area contributed by atoms with Crippen molar-refractivity contribution in [1.82, 2.24) is 5.32 Å². The Morgan fingerprint density at radius 1 is 1.09 bits per heavy atom. The number of rotatable bonds is 9. The van der Waals surface area contributed by atoms with Crippen LogP contribution in [-0.4, -0.2) is 31.6 Å². The van der Waals surface area contributed by atoms with Gasteiger partial charge in [-0.25, -0.2) is 4.79 Å². The van der Waals surface area contributed by atoms with Crippen molar-refractivity contribution >= 4 is 22.8 Å². The fraction of sp³-hybridized carbons (Fsp3) is 0.292.